The van der Waals surface area contributed by atoms with Crippen LogP contribution >= 0.6 is 15.9 Å². The summed E-state index contributed by atoms with van der Waals surface area (Å²) in [5.74, 6) is 0.504. The largest absolute Gasteiger partial charge is 0.389 e. The topological polar surface area (TPSA) is 56.1 Å². The first-order chi connectivity index (χ1) is 11.1. The number of nitriles is 1. The number of nitrogens with one attached hydrogen (secondary N) is 1. The van der Waals surface area contributed by atoms with Crippen LogP contribution in [0.1, 0.15) is 25.3 Å². The fraction of sp³-hybridized carbons (Fsp3) is 0.444. The van der Waals surface area contributed by atoms with Gasteiger partial charge in [0.05, 0.1) is 0 Å². The van der Waals surface area contributed by atoms with Gasteiger partial charge in [0.1, 0.15) is 11.6 Å². The molecule has 0 bridgehead atoms. The van der Waals surface area contributed by atoms with E-state index in [0.717, 1.165) is 36.8 Å². The average molecular weight is 376 g/mol. The second kappa shape index (κ2) is 8.73. The summed E-state index contributed by atoms with van der Waals surface area (Å²) < 4.78 is 1.07. The maximum absolute atomic E-state index is 12.3. The number of hydrogen-bond acceptors (Lipinski definition) is 3. The summed E-state index contributed by atoms with van der Waals surface area (Å²) in [5, 5.41) is 12.3. The van der Waals surface area contributed by atoms with Gasteiger partial charge in [-0.3, -0.25) is 4.79 Å². The summed E-state index contributed by atoms with van der Waals surface area (Å²) in [4.78, 5) is 14.1. The van der Waals surface area contributed by atoms with Crippen LogP contribution in [0, 0.1) is 17.2 Å². The molecule has 5 heteroatoms. The van der Waals surface area contributed by atoms with E-state index in [9.17, 15) is 10.1 Å². The Balaban J connectivity index is 1.85. The SMILES string of the molecule is CC1CCN(C(=O)/C(C#N)=C\NCCc2ccccc2Br)CC1. The molecule has 1 N–H and O–H groups in total. The van der Waals surface area contributed by atoms with Crippen molar-refractivity contribution in [2.45, 2.75) is 26.2 Å². The molecular weight excluding hydrogens is 354 g/mol. The number of rotatable bonds is 5. The van der Waals surface area contributed by atoms with Gasteiger partial charge in [-0.25, -0.2) is 0 Å². The van der Waals surface area contributed by atoms with Crippen LogP contribution in [0.5, 0.6) is 0 Å². The molecule has 1 aliphatic rings. The quantitative estimate of drug-likeness (QED) is 0.488. The van der Waals surface area contributed by atoms with E-state index >= 15 is 0 Å². The van der Waals surface area contributed by atoms with Gasteiger partial charge in [-0.2, -0.15) is 5.26 Å². The number of carbonyl (C=O) groups is 1. The molecule has 1 aliphatic heterocycles. The zero-order valence-electron chi connectivity index (χ0n) is 13.4. The predicted molar refractivity (Wildman–Crippen MR) is 94.5 cm³/mol. The summed E-state index contributed by atoms with van der Waals surface area (Å²) in [5.41, 5.74) is 1.38. The second-order valence-electron chi connectivity index (χ2n) is 5.94. The lowest BCUT2D eigenvalue weighted by molar-refractivity contribution is -0.128. The molecular formula is C18H22BrN3O. The third-order valence-corrected chi connectivity index (χ3v) is 4.94. The zero-order chi connectivity index (χ0) is 16.7. The van der Waals surface area contributed by atoms with Crippen molar-refractivity contribution in [2.75, 3.05) is 19.6 Å². The molecule has 0 unspecified atom stereocenters. The molecule has 1 saturated heterocycles. The van der Waals surface area contributed by atoms with Crippen molar-refractivity contribution in [1.29, 1.82) is 5.26 Å². The number of carbonyl (C=O) groups excluding carboxylic acids is 1. The van der Waals surface area contributed by atoms with Gasteiger partial charge < -0.3 is 10.2 Å². The van der Waals surface area contributed by atoms with E-state index in [1.807, 2.05) is 24.3 Å². The van der Waals surface area contributed by atoms with Crippen molar-refractivity contribution < 1.29 is 4.79 Å². The van der Waals surface area contributed by atoms with Crippen LogP contribution in [0.25, 0.3) is 0 Å². The van der Waals surface area contributed by atoms with E-state index in [4.69, 9.17) is 0 Å². The van der Waals surface area contributed by atoms with Crippen LogP contribution in [0.3, 0.4) is 0 Å². The maximum Gasteiger partial charge on any atom is 0.265 e. The van der Waals surface area contributed by atoms with Crippen LogP contribution in [-0.4, -0.2) is 30.4 Å². The Morgan fingerprint density at radius 1 is 1.43 bits per heavy atom. The monoisotopic (exact) mass is 375 g/mol. The second-order valence-corrected chi connectivity index (χ2v) is 6.79. The number of hydrogen-bond donors (Lipinski definition) is 1. The van der Waals surface area contributed by atoms with E-state index in [1.165, 1.54) is 5.56 Å². The first-order valence-electron chi connectivity index (χ1n) is 7.98. The van der Waals surface area contributed by atoms with E-state index in [-0.39, 0.29) is 11.5 Å². The lowest BCUT2D eigenvalue weighted by atomic mass is 9.99. The van der Waals surface area contributed by atoms with Crippen molar-refractivity contribution in [2.24, 2.45) is 5.92 Å². The van der Waals surface area contributed by atoms with Crippen LogP contribution in [0.15, 0.2) is 40.5 Å². The Morgan fingerprint density at radius 3 is 2.78 bits per heavy atom. The molecule has 0 saturated carbocycles. The first kappa shape index (κ1) is 17.6. The van der Waals surface area contributed by atoms with E-state index in [2.05, 4.69) is 34.2 Å². The molecule has 23 heavy (non-hydrogen) atoms. The fourth-order valence-electron chi connectivity index (χ4n) is 2.61. The standard InChI is InChI=1S/C18H22BrN3O/c1-14-7-10-22(11-8-14)18(23)16(12-20)13-21-9-6-15-4-2-3-5-17(15)19/h2-5,13-14,21H,6-11H2,1H3/b16-13-. The van der Waals surface area contributed by atoms with Gasteiger partial charge in [0.2, 0.25) is 0 Å². The van der Waals surface area contributed by atoms with Crippen molar-refractivity contribution in [3.05, 3.63) is 46.1 Å². The molecule has 1 aromatic rings. The van der Waals surface area contributed by atoms with E-state index in [0.29, 0.717) is 12.5 Å². The molecule has 0 aromatic heterocycles. The number of nitrogens with zero attached hydrogens (tertiary/aromatic N) is 2. The normalized spacial score (nSPS) is 16.0. The molecule has 1 heterocycles. The molecule has 1 aromatic carbocycles. The summed E-state index contributed by atoms with van der Waals surface area (Å²) in [6.07, 6.45) is 4.41. The smallest absolute Gasteiger partial charge is 0.265 e. The summed E-state index contributed by atoms with van der Waals surface area (Å²) >= 11 is 3.51. The highest BCUT2D eigenvalue weighted by molar-refractivity contribution is 9.10. The highest BCUT2D eigenvalue weighted by atomic mass is 79.9. The number of piperidine rings is 1. The lowest BCUT2D eigenvalue weighted by Crippen LogP contribution is -2.38. The molecule has 0 atom stereocenters. The Bertz CT molecular complexity index is 613. The number of benzene rings is 1. The minimum Gasteiger partial charge on any atom is -0.389 e. The van der Waals surface area contributed by atoms with Gasteiger partial charge in [0.25, 0.3) is 5.91 Å². The summed E-state index contributed by atoms with van der Waals surface area (Å²) in [6, 6.07) is 10.1. The van der Waals surface area contributed by atoms with Crippen LogP contribution in [0.2, 0.25) is 0 Å². The summed E-state index contributed by atoms with van der Waals surface area (Å²) in [6.45, 7) is 4.37. The molecule has 2 rings (SSSR count). The average Bonchev–Trinajstić information content (AvgIpc) is 2.56. The van der Waals surface area contributed by atoms with Gasteiger partial charge in [0.15, 0.2) is 0 Å². The highest BCUT2D eigenvalue weighted by Crippen LogP contribution is 2.18. The number of likely N-dealkylation sites (tertiary alicyclic amines) is 1. The fourth-order valence-corrected chi connectivity index (χ4v) is 3.09. The Labute approximate surface area is 146 Å². The Morgan fingerprint density at radius 2 is 2.13 bits per heavy atom. The van der Waals surface area contributed by atoms with Gasteiger partial charge in [0, 0.05) is 30.3 Å². The summed E-state index contributed by atoms with van der Waals surface area (Å²) in [7, 11) is 0. The van der Waals surface area contributed by atoms with Gasteiger partial charge >= 0.3 is 0 Å². The highest BCUT2D eigenvalue weighted by Gasteiger charge is 2.22. The number of amides is 1. The lowest BCUT2D eigenvalue weighted by Gasteiger charge is -2.30. The molecule has 0 aliphatic carbocycles. The van der Waals surface area contributed by atoms with Crippen LogP contribution < -0.4 is 5.32 Å². The number of halogens is 1. The van der Waals surface area contributed by atoms with E-state index in [1.54, 1.807) is 11.1 Å². The Kier molecular flexibility index (Phi) is 6.66. The van der Waals surface area contributed by atoms with Crippen molar-refractivity contribution >= 4 is 21.8 Å². The van der Waals surface area contributed by atoms with E-state index < -0.39 is 0 Å². The molecule has 1 amide bonds. The third-order valence-electron chi connectivity index (χ3n) is 4.16. The van der Waals surface area contributed by atoms with Gasteiger partial charge in [-0.15, -0.1) is 0 Å². The minimum atomic E-state index is -0.159. The van der Waals surface area contributed by atoms with Crippen molar-refractivity contribution in [1.82, 2.24) is 10.2 Å². The van der Waals surface area contributed by atoms with Crippen molar-refractivity contribution in [3.8, 4) is 6.07 Å². The van der Waals surface area contributed by atoms with Gasteiger partial charge in [-0.05, 0) is 36.8 Å². The predicted octanol–water partition coefficient (Wildman–Crippen LogP) is 3.25. The Hall–Kier alpha value is -1.80. The molecule has 1 fully saturated rings. The van der Waals surface area contributed by atoms with Crippen molar-refractivity contribution in [3.63, 3.8) is 0 Å². The molecule has 122 valence electrons. The van der Waals surface area contributed by atoms with Crippen LogP contribution in [0.4, 0.5) is 0 Å². The third kappa shape index (κ3) is 5.11. The van der Waals surface area contributed by atoms with Gasteiger partial charge in [-0.1, -0.05) is 41.1 Å². The molecule has 4 nitrogen and oxygen atoms in total. The maximum atomic E-state index is 12.3. The van der Waals surface area contributed by atoms with Crippen LogP contribution in [-0.2, 0) is 11.2 Å². The molecule has 0 spiro atoms. The first-order valence-corrected chi connectivity index (χ1v) is 8.77. The molecule has 0 radical (unpaired) electrons. The minimum absolute atomic E-state index is 0.159. The zero-order valence-corrected chi connectivity index (χ0v) is 15.0.